The first-order valence-electron chi connectivity index (χ1n) is 10.6. The summed E-state index contributed by atoms with van der Waals surface area (Å²) < 4.78 is 23.1. The lowest BCUT2D eigenvalue weighted by Crippen LogP contribution is -2.46. The van der Waals surface area contributed by atoms with Gasteiger partial charge < -0.3 is 25.7 Å². The highest BCUT2D eigenvalue weighted by Gasteiger charge is 2.20. The summed E-state index contributed by atoms with van der Waals surface area (Å²) >= 11 is 0. The van der Waals surface area contributed by atoms with E-state index in [-0.39, 0.29) is 43.3 Å². The first kappa shape index (κ1) is 31.4. The van der Waals surface area contributed by atoms with Crippen LogP contribution in [0.15, 0.2) is 29.2 Å². The smallest absolute Gasteiger partial charge is 0.317 e. The van der Waals surface area contributed by atoms with Crippen molar-refractivity contribution < 1.29 is 52.8 Å². The van der Waals surface area contributed by atoms with Crippen molar-refractivity contribution in [3.8, 4) is 0 Å². The number of hydrogen-bond donors (Lipinski definition) is 6. The lowest BCUT2D eigenvalue weighted by molar-refractivity contribution is -0.143. The second-order valence-corrected chi connectivity index (χ2v) is 9.45. The first-order chi connectivity index (χ1) is 17.1. The third-order valence-corrected chi connectivity index (χ3v) is 5.62. The Balaban J connectivity index is 2.99. The number of hydrogen-bond acceptors (Lipinski definition) is 10. The second-order valence-electron chi connectivity index (χ2n) is 7.89. The van der Waals surface area contributed by atoms with Crippen LogP contribution in [-0.4, -0.2) is 132 Å². The zero-order valence-corrected chi connectivity index (χ0v) is 20.5. The number of carboxylic acids is 4. The van der Waals surface area contributed by atoms with E-state index in [1.165, 1.54) is 23.1 Å². The molecule has 16 nitrogen and oxygen atoms in total. The van der Waals surface area contributed by atoms with Gasteiger partial charge in [-0.3, -0.25) is 38.7 Å². The SMILES string of the molecule is NS(=O)(=O)c1cccc(NC(=O)CN(CCN(CC(=O)O)CC(=O)O)CCN(CC(=O)O)CC(=O)O)c1. The predicted octanol–water partition coefficient (Wildman–Crippen LogP) is -2.48. The fourth-order valence-electron chi connectivity index (χ4n) is 3.18. The van der Waals surface area contributed by atoms with E-state index in [0.717, 1.165) is 15.9 Å². The van der Waals surface area contributed by atoms with Crippen LogP contribution in [0.2, 0.25) is 0 Å². The minimum absolute atomic E-state index is 0.0286. The van der Waals surface area contributed by atoms with Gasteiger partial charge in [-0.05, 0) is 18.2 Å². The number of sulfonamides is 1. The molecule has 1 rings (SSSR count). The maximum absolute atomic E-state index is 12.6. The maximum Gasteiger partial charge on any atom is 0.317 e. The molecule has 0 radical (unpaired) electrons. The highest BCUT2D eigenvalue weighted by Crippen LogP contribution is 2.14. The molecule has 1 amide bonds. The Morgan fingerprint density at radius 1 is 0.703 bits per heavy atom. The number of carbonyl (C=O) groups is 5. The molecule has 1 aromatic rings. The van der Waals surface area contributed by atoms with E-state index in [1.807, 2.05) is 0 Å². The summed E-state index contributed by atoms with van der Waals surface area (Å²) in [5.74, 6) is -5.70. The van der Waals surface area contributed by atoms with E-state index in [1.54, 1.807) is 0 Å². The fraction of sp³-hybridized carbons (Fsp3) is 0.450. The molecule has 0 bridgehead atoms. The third kappa shape index (κ3) is 13.9. The summed E-state index contributed by atoms with van der Waals surface area (Å²) in [7, 11) is -4.02. The number of anilines is 1. The van der Waals surface area contributed by atoms with Gasteiger partial charge in [0.15, 0.2) is 0 Å². The van der Waals surface area contributed by atoms with Gasteiger partial charge in [-0.1, -0.05) is 6.07 Å². The maximum atomic E-state index is 12.6. The predicted molar refractivity (Wildman–Crippen MR) is 126 cm³/mol. The summed E-state index contributed by atoms with van der Waals surface area (Å²) in [6.07, 6.45) is 0. The first-order valence-corrected chi connectivity index (χ1v) is 12.2. The molecule has 0 unspecified atom stereocenters. The summed E-state index contributed by atoms with van der Waals surface area (Å²) in [5.41, 5.74) is 0.119. The minimum atomic E-state index is -4.02. The highest BCUT2D eigenvalue weighted by atomic mass is 32.2. The number of aliphatic carboxylic acids is 4. The summed E-state index contributed by atoms with van der Waals surface area (Å²) in [4.78, 5) is 60.3. The van der Waals surface area contributed by atoms with Gasteiger partial charge in [-0.2, -0.15) is 0 Å². The van der Waals surface area contributed by atoms with Gasteiger partial charge in [0.25, 0.3) is 0 Å². The molecular formula is C20H29N5O11S. The molecule has 0 fully saturated rings. The van der Waals surface area contributed by atoms with Crippen LogP contribution in [0.1, 0.15) is 0 Å². The second kappa shape index (κ2) is 14.8. The lowest BCUT2D eigenvalue weighted by Gasteiger charge is -2.28. The van der Waals surface area contributed by atoms with Crippen molar-refractivity contribution in [2.75, 3.05) is 64.2 Å². The van der Waals surface area contributed by atoms with Crippen molar-refractivity contribution in [2.45, 2.75) is 4.90 Å². The molecule has 1 aromatic carbocycles. The molecule has 0 atom stereocenters. The Bertz CT molecular complexity index is 1020. The Kier molecular flexibility index (Phi) is 12.6. The van der Waals surface area contributed by atoms with Crippen molar-refractivity contribution in [1.29, 1.82) is 0 Å². The van der Waals surface area contributed by atoms with E-state index in [0.29, 0.717) is 0 Å². The number of carbonyl (C=O) groups excluding carboxylic acids is 1. The van der Waals surface area contributed by atoms with E-state index in [2.05, 4.69) is 5.32 Å². The minimum Gasteiger partial charge on any atom is -0.480 e. The van der Waals surface area contributed by atoms with Crippen LogP contribution in [0.4, 0.5) is 5.69 Å². The van der Waals surface area contributed by atoms with Crippen LogP contribution in [0.25, 0.3) is 0 Å². The number of benzene rings is 1. The number of nitrogens with one attached hydrogen (secondary N) is 1. The molecule has 0 spiro atoms. The standard InChI is InChI=1S/C20H29N5O11S/c21-37(35,36)15-3-1-2-14(8-15)22-16(26)9-23(4-6-24(10-17(27)28)11-18(29)30)5-7-25(12-19(31)32)13-20(33)34/h1-3,8H,4-7,9-13H2,(H,22,26)(H,27,28)(H,29,30)(H,31,32)(H,33,34)(H2,21,35,36). The average Bonchev–Trinajstić information content (AvgIpc) is 2.73. The van der Waals surface area contributed by atoms with Crippen molar-refractivity contribution in [3.63, 3.8) is 0 Å². The topological polar surface area (TPSA) is 248 Å². The molecule has 0 aliphatic heterocycles. The molecule has 0 aliphatic rings. The van der Waals surface area contributed by atoms with Gasteiger partial charge >= 0.3 is 23.9 Å². The largest absolute Gasteiger partial charge is 0.480 e. The van der Waals surface area contributed by atoms with Crippen LogP contribution in [0, 0.1) is 0 Å². The van der Waals surface area contributed by atoms with Gasteiger partial charge in [-0.25, -0.2) is 13.6 Å². The third-order valence-electron chi connectivity index (χ3n) is 4.71. The van der Waals surface area contributed by atoms with Crippen molar-refractivity contribution in [3.05, 3.63) is 24.3 Å². The number of primary sulfonamides is 1. The van der Waals surface area contributed by atoms with E-state index in [9.17, 15) is 32.4 Å². The van der Waals surface area contributed by atoms with Gasteiger partial charge in [0, 0.05) is 31.9 Å². The Morgan fingerprint density at radius 2 is 1.11 bits per heavy atom. The van der Waals surface area contributed by atoms with Crippen LogP contribution in [-0.2, 0) is 34.0 Å². The zero-order chi connectivity index (χ0) is 28.2. The van der Waals surface area contributed by atoms with Crippen molar-refractivity contribution >= 4 is 45.5 Å². The van der Waals surface area contributed by atoms with Crippen LogP contribution >= 0.6 is 0 Å². The summed E-state index contributed by atoms with van der Waals surface area (Å²) in [6, 6.07) is 5.15. The van der Waals surface area contributed by atoms with Crippen molar-refractivity contribution in [1.82, 2.24) is 14.7 Å². The lowest BCUT2D eigenvalue weighted by atomic mass is 10.3. The van der Waals surface area contributed by atoms with Gasteiger partial charge in [-0.15, -0.1) is 0 Å². The monoisotopic (exact) mass is 547 g/mol. The average molecular weight is 548 g/mol. The quantitative estimate of drug-likeness (QED) is 0.111. The Morgan fingerprint density at radius 3 is 1.49 bits per heavy atom. The van der Waals surface area contributed by atoms with Crippen molar-refractivity contribution in [2.24, 2.45) is 5.14 Å². The molecule has 206 valence electrons. The summed E-state index contributed by atoms with van der Waals surface area (Å²) in [6.45, 7) is -2.93. The molecule has 7 N–H and O–H groups in total. The highest BCUT2D eigenvalue weighted by molar-refractivity contribution is 7.89. The summed E-state index contributed by atoms with van der Waals surface area (Å²) in [5, 5.41) is 43.6. The number of carboxylic acid groups (broad SMARTS) is 4. The van der Waals surface area contributed by atoms with Crippen LogP contribution in [0.3, 0.4) is 0 Å². The normalized spacial score (nSPS) is 11.6. The molecule has 37 heavy (non-hydrogen) atoms. The molecule has 0 heterocycles. The van der Waals surface area contributed by atoms with Gasteiger partial charge in [0.05, 0.1) is 37.6 Å². The molecule has 17 heteroatoms. The number of rotatable bonds is 18. The van der Waals surface area contributed by atoms with E-state index >= 15 is 0 Å². The zero-order valence-electron chi connectivity index (χ0n) is 19.6. The molecule has 0 saturated heterocycles. The molecular weight excluding hydrogens is 518 g/mol. The number of amides is 1. The number of nitrogens with two attached hydrogens (primary N) is 1. The van der Waals surface area contributed by atoms with E-state index < -0.39 is 66.0 Å². The molecule has 0 aromatic heterocycles. The Hall–Kier alpha value is -3.64. The van der Waals surface area contributed by atoms with Crippen LogP contribution in [0.5, 0.6) is 0 Å². The van der Waals surface area contributed by atoms with Gasteiger partial charge in [0.2, 0.25) is 15.9 Å². The molecule has 0 aliphatic carbocycles. The fourth-order valence-corrected chi connectivity index (χ4v) is 3.74. The van der Waals surface area contributed by atoms with E-state index in [4.69, 9.17) is 25.6 Å². The van der Waals surface area contributed by atoms with Crippen LogP contribution < -0.4 is 10.5 Å². The number of nitrogens with zero attached hydrogens (tertiary/aromatic N) is 3. The Labute approximate surface area is 211 Å². The van der Waals surface area contributed by atoms with Gasteiger partial charge in [0.1, 0.15) is 0 Å². The molecule has 0 saturated carbocycles.